The highest BCUT2D eigenvalue weighted by Crippen LogP contribution is 2.18. The van der Waals surface area contributed by atoms with Gasteiger partial charge in [-0.15, -0.1) is 0 Å². The van der Waals surface area contributed by atoms with E-state index in [9.17, 15) is 0 Å². The number of benzene rings is 1. The van der Waals surface area contributed by atoms with Crippen LogP contribution in [-0.4, -0.2) is 25.3 Å². The van der Waals surface area contributed by atoms with Crippen molar-refractivity contribution in [3.8, 4) is 0 Å². The SMILES string of the molecule is CCCNC1CCOC(Cc2ccccc2)C1. The van der Waals surface area contributed by atoms with Crippen LogP contribution in [-0.2, 0) is 11.2 Å². The van der Waals surface area contributed by atoms with E-state index in [1.165, 1.54) is 12.0 Å². The molecule has 2 rings (SSSR count). The van der Waals surface area contributed by atoms with Gasteiger partial charge in [-0.05, 0) is 37.8 Å². The summed E-state index contributed by atoms with van der Waals surface area (Å²) in [7, 11) is 0. The molecule has 2 heteroatoms. The first kappa shape index (κ1) is 12.6. The zero-order valence-corrected chi connectivity index (χ0v) is 10.7. The van der Waals surface area contributed by atoms with Crippen molar-refractivity contribution in [1.82, 2.24) is 5.32 Å². The van der Waals surface area contributed by atoms with E-state index < -0.39 is 0 Å². The fraction of sp³-hybridized carbons (Fsp3) is 0.600. The Morgan fingerprint density at radius 2 is 2.12 bits per heavy atom. The minimum absolute atomic E-state index is 0.389. The lowest BCUT2D eigenvalue weighted by atomic mass is 9.97. The molecule has 1 aromatic carbocycles. The fourth-order valence-corrected chi connectivity index (χ4v) is 2.43. The zero-order chi connectivity index (χ0) is 11.9. The molecule has 2 atom stereocenters. The second-order valence-electron chi connectivity index (χ2n) is 4.86. The molecule has 1 N–H and O–H groups in total. The minimum atomic E-state index is 0.389. The first-order valence-corrected chi connectivity index (χ1v) is 6.77. The van der Waals surface area contributed by atoms with Crippen molar-refractivity contribution in [2.75, 3.05) is 13.2 Å². The Morgan fingerprint density at radius 3 is 2.88 bits per heavy atom. The van der Waals surface area contributed by atoms with E-state index in [1.54, 1.807) is 0 Å². The Labute approximate surface area is 104 Å². The van der Waals surface area contributed by atoms with Gasteiger partial charge in [-0.2, -0.15) is 0 Å². The van der Waals surface area contributed by atoms with Crippen LogP contribution in [0, 0.1) is 0 Å². The van der Waals surface area contributed by atoms with Crippen molar-refractivity contribution in [1.29, 1.82) is 0 Å². The van der Waals surface area contributed by atoms with Gasteiger partial charge in [0.1, 0.15) is 0 Å². The van der Waals surface area contributed by atoms with E-state index in [0.29, 0.717) is 12.1 Å². The van der Waals surface area contributed by atoms with Crippen molar-refractivity contribution in [3.63, 3.8) is 0 Å². The first-order valence-electron chi connectivity index (χ1n) is 6.77. The summed E-state index contributed by atoms with van der Waals surface area (Å²) >= 11 is 0. The van der Waals surface area contributed by atoms with Gasteiger partial charge >= 0.3 is 0 Å². The third-order valence-corrected chi connectivity index (χ3v) is 3.36. The average molecular weight is 233 g/mol. The van der Waals surface area contributed by atoms with Crippen LogP contribution in [0.1, 0.15) is 31.7 Å². The maximum atomic E-state index is 5.85. The lowest BCUT2D eigenvalue weighted by Crippen LogP contribution is -2.40. The van der Waals surface area contributed by atoms with Crippen molar-refractivity contribution >= 4 is 0 Å². The number of ether oxygens (including phenoxy) is 1. The maximum Gasteiger partial charge on any atom is 0.0630 e. The highest BCUT2D eigenvalue weighted by atomic mass is 16.5. The van der Waals surface area contributed by atoms with Gasteiger partial charge in [-0.1, -0.05) is 37.3 Å². The largest absolute Gasteiger partial charge is 0.378 e. The van der Waals surface area contributed by atoms with Crippen molar-refractivity contribution in [2.45, 2.75) is 44.8 Å². The molecular weight excluding hydrogens is 210 g/mol. The van der Waals surface area contributed by atoms with E-state index in [1.807, 2.05) is 0 Å². The lowest BCUT2D eigenvalue weighted by molar-refractivity contribution is 0.00244. The summed E-state index contributed by atoms with van der Waals surface area (Å²) in [4.78, 5) is 0. The summed E-state index contributed by atoms with van der Waals surface area (Å²) in [6.07, 6.45) is 4.95. The summed E-state index contributed by atoms with van der Waals surface area (Å²) in [5.41, 5.74) is 1.38. The Bertz CT molecular complexity index is 312. The molecule has 2 unspecified atom stereocenters. The molecule has 0 aromatic heterocycles. The number of rotatable bonds is 5. The van der Waals surface area contributed by atoms with Gasteiger partial charge in [0, 0.05) is 12.6 Å². The van der Waals surface area contributed by atoms with Crippen LogP contribution < -0.4 is 5.32 Å². The van der Waals surface area contributed by atoms with E-state index >= 15 is 0 Å². The predicted molar refractivity (Wildman–Crippen MR) is 71.2 cm³/mol. The van der Waals surface area contributed by atoms with Gasteiger partial charge < -0.3 is 10.1 Å². The second-order valence-corrected chi connectivity index (χ2v) is 4.86. The Balaban J connectivity index is 1.81. The zero-order valence-electron chi connectivity index (χ0n) is 10.7. The topological polar surface area (TPSA) is 21.3 Å². The van der Waals surface area contributed by atoms with Crippen molar-refractivity contribution in [2.24, 2.45) is 0 Å². The number of nitrogens with one attached hydrogen (secondary N) is 1. The molecule has 0 saturated carbocycles. The van der Waals surface area contributed by atoms with E-state index in [0.717, 1.165) is 32.4 Å². The van der Waals surface area contributed by atoms with Crippen LogP contribution >= 0.6 is 0 Å². The number of hydrogen-bond donors (Lipinski definition) is 1. The minimum Gasteiger partial charge on any atom is -0.378 e. The normalized spacial score (nSPS) is 24.8. The van der Waals surface area contributed by atoms with Crippen LogP contribution in [0.15, 0.2) is 30.3 Å². The molecule has 1 aliphatic rings. The van der Waals surface area contributed by atoms with E-state index in [-0.39, 0.29) is 0 Å². The molecule has 1 fully saturated rings. The second kappa shape index (κ2) is 6.77. The monoisotopic (exact) mass is 233 g/mol. The van der Waals surface area contributed by atoms with Crippen molar-refractivity contribution < 1.29 is 4.74 Å². The van der Waals surface area contributed by atoms with Gasteiger partial charge in [0.15, 0.2) is 0 Å². The summed E-state index contributed by atoms with van der Waals surface area (Å²) in [6, 6.07) is 11.3. The van der Waals surface area contributed by atoms with Gasteiger partial charge in [0.2, 0.25) is 0 Å². The predicted octanol–water partition coefficient (Wildman–Crippen LogP) is 2.78. The molecule has 0 radical (unpaired) electrons. The van der Waals surface area contributed by atoms with Gasteiger partial charge in [0.05, 0.1) is 6.10 Å². The summed E-state index contributed by atoms with van der Waals surface area (Å²) in [6.45, 7) is 4.25. The lowest BCUT2D eigenvalue weighted by Gasteiger charge is -2.30. The third-order valence-electron chi connectivity index (χ3n) is 3.36. The summed E-state index contributed by atoms with van der Waals surface area (Å²) in [5, 5.41) is 3.61. The molecular formula is C15H23NO. The van der Waals surface area contributed by atoms with Crippen LogP contribution in [0.3, 0.4) is 0 Å². The Hall–Kier alpha value is -0.860. The van der Waals surface area contributed by atoms with E-state index in [2.05, 4.69) is 42.6 Å². The van der Waals surface area contributed by atoms with Gasteiger partial charge in [-0.25, -0.2) is 0 Å². The highest BCUT2D eigenvalue weighted by molar-refractivity contribution is 5.15. The smallest absolute Gasteiger partial charge is 0.0630 e. The molecule has 0 aliphatic carbocycles. The molecule has 2 nitrogen and oxygen atoms in total. The molecule has 0 bridgehead atoms. The molecule has 1 heterocycles. The van der Waals surface area contributed by atoms with Gasteiger partial charge in [0.25, 0.3) is 0 Å². The highest BCUT2D eigenvalue weighted by Gasteiger charge is 2.21. The van der Waals surface area contributed by atoms with Crippen LogP contribution in [0.2, 0.25) is 0 Å². The fourth-order valence-electron chi connectivity index (χ4n) is 2.43. The molecule has 94 valence electrons. The summed E-state index contributed by atoms with van der Waals surface area (Å²) < 4.78 is 5.85. The number of hydrogen-bond acceptors (Lipinski definition) is 2. The third kappa shape index (κ3) is 4.14. The molecule has 17 heavy (non-hydrogen) atoms. The Morgan fingerprint density at radius 1 is 1.29 bits per heavy atom. The average Bonchev–Trinajstić information content (AvgIpc) is 2.38. The quantitative estimate of drug-likeness (QED) is 0.844. The van der Waals surface area contributed by atoms with E-state index in [4.69, 9.17) is 4.74 Å². The molecule has 1 saturated heterocycles. The molecule has 1 aliphatic heterocycles. The molecule has 0 amide bonds. The Kier molecular flexibility index (Phi) is 5.02. The van der Waals surface area contributed by atoms with Crippen LogP contribution in [0.25, 0.3) is 0 Å². The molecule has 0 spiro atoms. The molecule has 1 aromatic rings. The van der Waals surface area contributed by atoms with Gasteiger partial charge in [-0.3, -0.25) is 0 Å². The first-order chi connectivity index (χ1) is 8.38. The van der Waals surface area contributed by atoms with Crippen LogP contribution in [0.5, 0.6) is 0 Å². The van der Waals surface area contributed by atoms with Crippen LogP contribution in [0.4, 0.5) is 0 Å². The van der Waals surface area contributed by atoms with Crippen molar-refractivity contribution in [3.05, 3.63) is 35.9 Å². The standard InChI is InChI=1S/C15H23NO/c1-2-9-16-14-8-10-17-15(12-14)11-13-6-4-3-5-7-13/h3-7,14-16H,2,8-12H2,1H3. The maximum absolute atomic E-state index is 5.85. The summed E-state index contributed by atoms with van der Waals surface area (Å²) in [5.74, 6) is 0.